The molecule has 0 aromatic carbocycles. The van der Waals surface area contributed by atoms with Gasteiger partial charge < -0.3 is 4.74 Å². The zero-order valence-electron chi connectivity index (χ0n) is 10.8. The Morgan fingerprint density at radius 2 is 2.00 bits per heavy atom. The molecule has 0 amide bonds. The van der Waals surface area contributed by atoms with Crippen LogP contribution in [0.4, 0.5) is 0 Å². The van der Waals surface area contributed by atoms with Gasteiger partial charge >= 0.3 is 6.01 Å². The van der Waals surface area contributed by atoms with E-state index in [0.29, 0.717) is 6.01 Å². The van der Waals surface area contributed by atoms with Crippen LogP contribution in [0.1, 0.15) is 39.2 Å². The van der Waals surface area contributed by atoms with Crippen molar-refractivity contribution in [2.75, 3.05) is 0 Å². The Morgan fingerprint density at radius 1 is 1.39 bits per heavy atom. The Morgan fingerprint density at radius 3 is 2.50 bits per heavy atom. The molecular formula is C12H17N3O2S. The van der Waals surface area contributed by atoms with Crippen LogP contribution in [0.15, 0.2) is 16.8 Å². The van der Waals surface area contributed by atoms with Crippen molar-refractivity contribution in [1.82, 2.24) is 9.97 Å². The Kier molecular flexibility index (Phi) is 3.75. The maximum absolute atomic E-state index is 11.7. The third-order valence-electron chi connectivity index (χ3n) is 2.27. The summed E-state index contributed by atoms with van der Waals surface area (Å²) < 4.78 is 20.8. The summed E-state index contributed by atoms with van der Waals surface area (Å²) in [5.74, 6) is 0. The predicted molar refractivity (Wildman–Crippen MR) is 71.2 cm³/mol. The predicted octanol–water partition coefficient (Wildman–Crippen LogP) is 1.90. The monoisotopic (exact) mass is 267 g/mol. The van der Waals surface area contributed by atoms with Crippen LogP contribution in [0.3, 0.4) is 0 Å². The first kappa shape index (κ1) is 13.1. The molecule has 1 atom stereocenters. The van der Waals surface area contributed by atoms with Crippen molar-refractivity contribution >= 4 is 17.2 Å². The Hall–Kier alpha value is -1.30. The molecule has 6 heteroatoms. The fraction of sp³-hybridized carbons (Fsp3) is 0.583. The number of aromatic nitrogens is 2. The number of rotatable bonds is 4. The number of hydrogen-bond donors (Lipinski definition) is 0. The maximum Gasteiger partial charge on any atom is 0.316 e. The minimum absolute atomic E-state index is 0.290. The topological polar surface area (TPSA) is 64.4 Å². The van der Waals surface area contributed by atoms with Gasteiger partial charge in [0, 0.05) is 24.2 Å². The van der Waals surface area contributed by atoms with E-state index in [0.717, 1.165) is 18.4 Å². The fourth-order valence-corrected chi connectivity index (χ4v) is 1.59. The van der Waals surface area contributed by atoms with Crippen molar-refractivity contribution in [3.63, 3.8) is 0 Å². The third-order valence-corrected chi connectivity index (χ3v) is 3.61. The van der Waals surface area contributed by atoms with Crippen molar-refractivity contribution in [3.8, 4) is 6.01 Å². The molecule has 1 heterocycles. The highest BCUT2D eigenvalue weighted by atomic mass is 32.2. The minimum atomic E-state index is -1.26. The number of hydrogen-bond acceptors (Lipinski definition) is 4. The van der Waals surface area contributed by atoms with Gasteiger partial charge in [0.15, 0.2) is 0 Å². The van der Waals surface area contributed by atoms with Crippen LogP contribution < -0.4 is 4.74 Å². The summed E-state index contributed by atoms with van der Waals surface area (Å²) in [5.41, 5.74) is 0.718. The van der Waals surface area contributed by atoms with Gasteiger partial charge in [0.25, 0.3) is 0 Å². The molecule has 0 spiro atoms. The second-order valence-corrected chi connectivity index (χ2v) is 7.15. The van der Waals surface area contributed by atoms with E-state index < -0.39 is 11.0 Å². The molecule has 1 saturated carbocycles. The molecule has 0 radical (unpaired) electrons. The summed E-state index contributed by atoms with van der Waals surface area (Å²) >= 11 is 0. The van der Waals surface area contributed by atoms with Crippen LogP contribution in [0.25, 0.3) is 0 Å². The highest BCUT2D eigenvalue weighted by Gasteiger charge is 2.24. The molecule has 18 heavy (non-hydrogen) atoms. The highest BCUT2D eigenvalue weighted by Crippen LogP contribution is 2.24. The summed E-state index contributed by atoms with van der Waals surface area (Å²) in [6.45, 7) is 5.64. The standard InChI is InChI=1S/C12H17N3O2S/c1-12(2,3)18(16)15-8-9-6-13-11(14-7-9)17-10-4-5-10/h6-8,10H,4-5H2,1-3H3/b15-8-. The van der Waals surface area contributed by atoms with Crippen molar-refractivity contribution in [3.05, 3.63) is 18.0 Å². The fourth-order valence-electron chi connectivity index (χ4n) is 1.06. The normalized spacial score (nSPS) is 17.9. The molecular weight excluding hydrogens is 250 g/mol. The quantitative estimate of drug-likeness (QED) is 0.782. The van der Waals surface area contributed by atoms with Crippen molar-refractivity contribution < 1.29 is 8.95 Å². The summed E-state index contributed by atoms with van der Waals surface area (Å²) in [7, 11) is -1.26. The third kappa shape index (κ3) is 3.87. The summed E-state index contributed by atoms with van der Waals surface area (Å²) in [6, 6.07) is 0.395. The lowest BCUT2D eigenvalue weighted by atomic mass is 10.3. The van der Waals surface area contributed by atoms with E-state index in [1.54, 1.807) is 12.4 Å². The minimum Gasteiger partial charge on any atom is -0.460 e. The Balaban J connectivity index is 1.96. The van der Waals surface area contributed by atoms with Gasteiger partial charge in [0.2, 0.25) is 0 Å². The molecule has 0 bridgehead atoms. The lowest BCUT2D eigenvalue weighted by Crippen LogP contribution is -2.19. The molecule has 2 rings (SSSR count). The summed E-state index contributed by atoms with van der Waals surface area (Å²) in [5, 5.41) is 0. The zero-order valence-corrected chi connectivity index (χ0v) is 11.6. The smallest absolute Gasteiger partial charge is 0.316 e. The van der Waals surface area contributed by atoms with Gasteiger partial charge in [0.1, 0.15) is 17.1 Å². The molecule has 1 aromatic rings. The van der Waals surface area contributed by atoms with E-state index in [2.05, 4.69) is 14.4 Å². The van der Waals surface area contributed by atoms with Gasteiger partial charge in [-0.15, -0.1) is 0 Å². The number of ether oxygens (including phenoxy) is 1. The SMILES string of the molecule is CC(C)(C)S(=O)/N=C\c1cnc(OC2CC2)nc1. The van der Waals surface area contributed by atoms with Gasteiger partial charge in [-0.05, 0) is 33.6 Å². The van der Waals surface area contributed by atoms with Crippen LogP contribution in [-0.4, -0.2) is 31.2 Å². The molecule has 1 aliphatic carbocycles. The van der Waals surface area contributed by atoms with Gasteiger partial charge in [-0.2, -0.15) is 4.40 Å². The van der Waals surface area contributed by atoms with E-state index in [9.17, 15) is 4.21 Å². The average molecular weight is 267 g/mol. The number of nitrogens with zero attached hydrogens (tertiary/aromatic N) is 3. The van der Waals surface area contributed by atoms with E-state index in [-0.39, 0.29) is 10.9 Å². The molecule has 0 aliphatic heterocycles. The molecule has 1 fully saturated rings. The first-order chi connectivity index (χ1) is 8.45. The highest BCUT2D eigenvalue weighted by molar-refractivity contribution is 7.85. The largest absolute Gasteiger partial charge is 0.460 e. The molecule has 0 N–H and O–H groups in total. The van der Waals surface area contributed by atoms with Crippen LogP contribution in [0, 0.1) is 0 Å². The lowest BCUT2D eigenvalue weighted by Gasteiger charge is -2.12. The van der Waals surface area contributed by atoms with Crippen LogP contribution >= 0.6 is 0 Å². The van der Waals surface area contributed by atoms with Gasteiger partial charge in [-0.3, -0.25) is 0 Å². The van der Waals surface area contributed by atoms with Crippen LogP contribution in [-0.2, 0) is 11.0 Å². The average Bonchev–Trinajstić information content (AvgIpc) is 3.10. The van der Waals surface area contributed by atoms with E-state index in [4.69, 9.17) is 4.74 Å². The lowest BCUT2D eigenvalue weighted by molar-refractivity contribution is 0.278. The molecule has 1 aliphatic rings. The summed E-state index contributed by atoms with van der Waals surface area (Å²) in [4.78, 5) is 8.15. The van der Waals surface area contributed by atoms with E-state index >= 15 is 0 Å². The molecule has 5 nitrogen and oxygen atoms in total. The second-order valence-electron chi connectivity index (χ2n) is 5.21. The molecule has 98 valence electrons. The molecule has 1 aromatic heterocycles. The first-order valence-electron chi connectivity index (χ1n) is 5.90. The van der Waals surface area contributed by atoms with E-state index in [1.165, 1.54) is 6.21 Å². The Bertz CT molecular complexity index is 461. The zero-order chi connectivity index (χ0) is 13.2. The molecule has 1 unspecified atom stereocenters. The maximum atomic E-state index is 11.7. The van der Waals surface area contributed by atoms with Crippen LogP contribution in [0.2, 0.25) is 0 Å². The van der Waals surface area contributed by atoms with Gasteiger partial charge in [-0.1, -0.05) is 0 Å². The van der Waals surface area contributed by atoms with Gasteiger partial charge in [0.05, 0.1) is 4.75 Å². The molecule has 0 saturated heterocycles. The van der Waals surface area contributed by atoms with Crippen molar-refractivity contribution in [2.24, 2.45) is 4.40 Å². The van der Waals surface area contributed by atoms with Gasteiger partial charge in [-0.25, -0.2) is 14.2 Å². The van der Waals surface area contributed by atoms with Crippen LogP contribution in [0.5, 0.6) is 6.01 Å². The second kappa shape index (κ2) is 5.14. The summed E-state index contributed by atoms with van der Waals surface area (Å²) in [6.07, 6.45) is 7.22. The van der Waals surface area contributed by atoms with Crippen molar-refractivity contribution in [1.29, 1.82) is 0 Å². The van der Waals surface area contributed by atoms with Crippen molar-refractivity contribution in [2.45, 2.75) is 44.5 Å². The van der Waals surface area contributed by atoms with E-state index in [1.807, 2.05) is 20.8 Å². The first-order valence-corrected chi connectivity index (χ1v) is 7.00. The Labute approximate surface area is 109 Å².